The van der Waals surface area contributed by atoms with Crippen molar-refractivity contribution in [2.24, 2.45) is 0 Å². The smallest absolute Gasteiger partial charge is 0.339 e. The number of anilines is 1. The Morgan fingerprint density at radius 1 is 0.929 bits per heavy atom. The molecule has 0 saturated carbocycles. The minimum Gasteiger partial charge on any atom is -0.465 e. The molecule has 3 aromatic carbocycles. The number of benzene rings is 3. The molecule has 1 amide bonds. The van der Waals surface area contributed by atoms with Crippen LogP contribution in [0.4, 0.5) is 5.69 Å². The summed E-state index contributed by atoms with van der Waals surface area (Å²) in [5.74, 6) is 0.416. The average molecular weight is 394 g/mol. The van der Waals surface area contributed by atoms with Crippen molar-refractivity contribution in [1.82, 2.24) is 0 Å². The third-order valence-electron chi connectivity index (χ3n) is 4.39. The van der Waals surface area contributed by atoms with Gasteiger partial charge < -0.3 is 10.1 Å². The molecule has 144 valence electrons. The molecule has 0 aliphatic rings. The molecule has 3 rings (SSSR count). The van der Waals surface area contributed by atoms with Crippen LogP contribution in [0.25, 0.3) is 10.8 Å². The number of nitrogens with one attached hydrogen (secondary N) is 1. The van der Waals surface area contributed by atoms with Crippen molar-refractivity contribution >= 4 is 40.1 Å². The van der Waals surface area contributed by atoms with Gasteiger partial charge in [-0.25, -0.2) is 4.79 Å². The summed E-state index contributed by atoms with van der Waals surface area (Å²) in [4.78, 5) is 25.2. The number of carbonyl (C=O) groups is 2. The van der Waals surface area contributed by atoms with Gasteiger partial charge in [-0.05, 0) is 53.6 Å². The van der Waals surface area contributed by atoms with Crippen LogP contribution >= 0.6 is 11.8 Å². The normalized spacial score (nSPS) is 10.6. The zero-order chi connectivity index (χ0) is 19.8. The van der Waals surface area contributed by atoms with Crippen LogP contribution in [-0.4, -0.2) is 24.7 Å². The number of para-hydroxylation sites is 1. The molecule has 1 N–H and O–H groups in total. The summed E-state index contributed by atoms with van der Waals surface area (Å²) < 4.78 is 4.75. The quantitative estimate of drug-likeness (QED) is 0.311. The van der Waals surface area contributed by atoms with Crippen molar-refractivity contribution in [2.45, 2.75) is 24.2 Å². The Morgan fingerprint density at radius 2 is 1.68 bits per heavy atom. The van der Waals surface area contributed by atoms with Gasteiger partial charge in [0.15, 0.2) is 0 Å². The van der Waals surface area contributed by atoms with E-state index >= 15 is 0 Å². The van der Waals surface area contributed by atoms with Crippen LogP contribution in [0.3, 0.4) is 0 Å². The van der Waals surface area contributed by atoms with Crippen molar-refractivity contribution in [3.05, 3.63) is 72.3 Å². The summed E-state index contributed by atoms with van der Waals surface area (Å²) in [6, 6.07) is 21.7. The van der Waals surface area contributed by atoms with Crippen molar-refractivity contribution < 1.29 is 14.3 Å². The monoisotopic (exact) mass is 393 g/mol. The largest absolute Gasteiger partial charge is 0.465 e. The molecule has 0 spiro atoms. The number of thioether (sulfide) groups is 1. The minimum absolute atomic E-state index is 0.0907. The average Bonchev–Trinajstić information content (AvgIpc) is 2.73. The van der Waals surface area contributed by atoms with Gasteiger partial charge in [-0.3, -0.25) is 4.79 Å². The Labute approximate surface area is 169 Å². The minimum atomic E-state index is -0.456. The Morgan fingerprint density at radius 3 is 2.50 bits per heavy atom. The Bertz CT molecular complexity index is 971. The van der Waals surface area contributed by atoms with Gasteiger partial charge in [0.2, 0.25) is 5.91 Å². The maximum absolute atomic E-state index is 12.2. The molecule has 28 heavy (non-hydrogen) atoms. The second-order valence-electron chi connectivity index (χ2n) is 6.40. The number of unbranched alkanes of at least 4 members (excludes halogenated alkanes) is 1. The zero-order valence-electron chi connectivity index (χ0n) is 15.8. The Hall–Kier alpha value is -2.79. The molecule has 0 aromatic heterocycles. The summed E-state index contributed by atoms with van der Waals surface area (Å²) in [6.07, 6.45) is 2.17. The number of carbonyl (C=O) groups excluding carboxylic acids is 2. The number of fused-ring (bicyclic) bond motifs is 1. The van der Waals surface area contributed by atoms with Crippen LogP contribution in [0, 0.1) is 0 Å². The van der Waals surface area contributed by atoms with E-state index in [4.69, 9.17) is 4.74 Å². The lowest BCUT2D eigenvalue weighted by atomic mass is 10.1. The van der Waals surface area contributed by atoms with Crippen LogP contribution in [0.1, 0.15) is 29.6 Å². The molecule has 5 heteroatoms. The number of esters is 1. The summed E-state index contributed by atoms with van der Waals surface area (Å²) in [5, 5.41) is 5.30. The van der Waals surface area contributed by atoms with Crippen molar-refractivity contribution in [3.8, 4) is 0 Å². The van der Waals surface area contributed by atoms with E-state index in [1.807, 2.05) is 23.9 Å². The SMILES string of the molecule is COC(=O)c1ccccc1NC(=O)CCCCSc1ccc2ccccc2c1. The molecular weight excluding hydrogens is 370 g/mol. The number of ether oxygens (including phenoxy) is 1. The fourth-order valence-electron chi connectivity index (χ4n) is 2.93. The molecule has 0 bridgehead atoms. The van der Waals surface area contributed by atoms with Crippen LogP contribution in [0.15, 0.2) is 71.6 Å². The van der Waals surface area contributed by atoms with Gasteiger partial charge in [0.1, 0.15) is 0 Å². The van der Waals surface area contributed by atoms with E-state index < -0.39 is 5.97 Å². The molecule has 0 radical (unpaired) electrons. The molecule has 0 aliphatic carbocycles. The van der Waals surface area contributed by atoms with Gasteiger partial charge in [-0.1, -0.05) is 42.5 Å². The molecule has 3 aromatic rings. The summed E-state index contributed by atoms with van der Waals surface area (Å²) in [5.41, 5.74) is 0.857. The standard InChI is InChI=1S/C23H23NO3S/c1-27-23(26)20-10-4-5-11-21(20)24-22(25)12-6-7-15-28-19-14-13-17-8-2-3-9-18(17)16-19/h2-5,8-11,13-14,16H,6-7,12,15H2,1H3,(H,24,25). The fraction of sp³-hybridized carbons (Fsp3) is 0.217. The number of methoxy groups -OCH3 is 1. The van der Waals surface area contributed by atoms with E-state index in [-0.39, 0.29) is 5.91 Å². The predicted octanol–water partition coefficient (Wildman–Crippen LogP) is 5.53. The number of amides is 1. The highest BCUT2D eigenvalue weighted by molar-refractivity contribution is 7.99. The van der Waals surface area contributed by atoms with Crippen LogP contribution < -0.4 is 5.32 Å². The highest BCUT2D eigenvalue weighted by Crippen LogP contribution is 2.24. The highest BCUT2D eigenvalue weighted by Gasteiger charge is 2.12. The van der Waals surface area contributed by atoms with Crippen LogP contribution in [0.5, 0.6) is 0 Å². The van der Waals surface area contributed by atoms with Gasteiger partial charge in [0, 0.05) is 11.3 Å². The Kier molecular flexibility index (Phi) is 7.09. The fourth-order valence-corrected chi connectivity index (χ4v) is 3.89. The second-order valence-corrected chi connectivity index (χ2v) is 7.57. The van der Waals surface area contributed by atoms with E-state index in [1.54, 1.807) is 24.3 Å². The second kappa shape index (κ2) is 9.95. The molecule has 0 atom stereocenters. The lowest BCUT2D eigenvalue weighted by molar-refractivity contribution is -0.116. The Balaban J connectivity index is 1.42. The van der Waals surface area contributed by atoms with Crippen molar-refractivity contribution in [2.75, 3.05) is 18.2 Å². The first-order valence-corrected chi connectivity index (χ1v) is 10.2. The van der Waals surface area contributed by atoms with Crippen LogP contribution in [0.2, 0.25) is 0 Å². The summed E-state index contributed by atoms with van der Waals surface area (Å²) in [6.45, 7) is 0. The van der Waals surface area contributed by atoms with Gasteiger partial charge in [0.25, 0.3) is 0 Å². The zero-order valence-corrected chi connectivity index (χ0v) is 16.6. The first-order valence-electron chi connectivity index (χ1n) is 9.26. The molecule has 0 unspecified atom stereocenters. The van der Waals surface area contributed by atoms with Gasteiger partial charge >= 0.3 is 5.97 Å². The summed E-state index contributed by atoms with van der Waals surface area (Å²) in [7, 11) is 1.33. The maximum atomic E-state index is 12.2. The third kappa shape index (κ3) is 5.36. The highest BCUT2D eigenvalue weighted by atomic mass is 32.2. The van der Waals surface area contributed by atoms with Crippen LogP contribution in [-0.2, 0) is 9.53 Å². The molecule has 0 heterocycles. The number of rotatable bonds is 8. The van der Waals surface area contributed by atoms with Gasteiger partial charge in [-0.2, -0.15) is 0 Å². The number of hydrogen-bond acceptors (Lipinski definition) is 4. The first kappa shape index (κ1) is 20.0. The first-order chi connectivity index (χ1) is 13.7. The van der Waals surface area contributed by atoms with E-state index in [0.717, 1.165) is 18.6 Å². The van der Waals surface area contributed by atoms with Gasteiger partial charge in [0.05, 0.1) is 18.4 Å². The lowest BCUT2D eigenvalue weighted by Gasteiger charge is -2.09. The molecule has 4 nitrogen and oxygen atoms in total. The molecule has 0 saturated heterocycles. The van der Waals surface area contributed by atoms with Crippen molar-refractivity contribution in [3.63, 3.8) is 0 Å². The van der Waals surface area contributed by atoms with E-state index in [1.165, 1.54) is 22.8 Å². The molecule has 0 aliphatic heterocycles. The topological polar surface area (TPSA) is 55.4 Å². The summed E-state index contributed by atoms with van der Waals surface area (Å²) >= 11 is 1.81. The molecule has 0 fully saturated rings. The lowest BCUT2D eigenvalue weighted by Crippen LogP contribution is -2.14. The predicted molar refractivity (Wildman–Crippen MR) is 115 cm³/mol. The third-order valence-corrected chi connectivity index (χ3v) is 5.47. The van der Waals surface area contributed by atoms with E-state index in [9.17, 15) is 9.59 Å². The van der Waals surface area contributed by atoms with Gasteiger partial charge in [-0.15, -0.1) is 11.8 Å². The number of hydrogen-bond donors (Lipinski definition) is 1. The van der Waals surface area contributed by atoms with E-state index in [2.05, 4.69) is 35.6 Å². The molecular formula is C23H23NO3S. The van der Waals surface area contributed by atoms with Crippen molar-refractivity contribution in [1.29, 1.82) is 0 Å². The maximum Gasteiger partial charge on any atom is 0.339 e. The van der Waals surface area contributed by atoms with E-state index in [0.29, 0.717) is 17.7 Å².